The number of anilines is 1. The van der Waals surface area contributed by atoms with Gasteiger partial charge in [0.05, 0.1) is 24.0 Å². The molecule has 1 saturated carbocycles. The number of phenols is 1. The molecule has 1 heterocycles. The molecule has 1 aliphatic carbocycles. The van der Waals surface area contributed by atoms with Crippen molar-refractivity contribution in [3.8, 4) is 17.0 Å². The summed E-state index contributed by atoms with van der Waals surface area (Å²) in [5.74, 6) is -6.89. The molecule has 2 N–H and O–H groups in total. The number of amides is 1. The van der Waals surface area contributed by atoms with Crippen LogP contribution in [-0.4, -0.2) is 21.0 Å². The van der Waals surface area contributed by atoms with E-state index in [2.05, 4.69) is 15.3 Å². The minimum absolute atomic E-state index is 0.115. The van der Waals surface area contributed by atoms with E-state index >= 15 is 0 Å². The third kappa shape index (κ3) is 6.88. The van der Waals surface area contributed by atoms with Crippen molar-refractivity contribution in [3.05, 3.63) is 70.6 Å². The van der Waals surface area contributed by atoms with E-state index in [1.54, 1.807) is 12.1 Å². The third-order valence-electron chi connectivity index (χ3n) is 6.74. The summed E-state index contributed by atoms with van der Waals surface area (Å²) in [4.78, 5) is 21.8. The van der Waals surface area contributed by atoms with E-state index in [1.165, 1.54) is 37.6 Å². The van der Waals surface area contributed by atoms with Gasteiger partial charge in [0.25, 0.3) is 0 Å². The molecule has 204 valence electrons. The number of aromatic nitrogens is 2. The first-order valence-electron chi connectivity index (χ1n) is 13.0. The Hall–Kier alpha value is -3.49. The Labute approximate surface area is 220 Å². The number of rotatable bonds is 7. The van der Waals surface area contributed by atoms with Gasteiger partial charge in [-0.2, -0.15) is 0 Å². The fourth-order valence-electron chi connectivity index (χ4n) is 4.63. The average molecular weight is 532 g/mol. The van der Waals surface area contributed by atoms with Gasteiger partial charge in [0, 0.05) is 11.1 Å². The quantitative estimate of drug-likeness (QED) is 0.189. The number of aryl methyl sites for hydroxylation is 1. The predicted octanol–water partition coefficient (Wildman–Crippen LogP) is 7.43. The number of benzene rings is 2. The number of nitrogens with one attached hydrogen (secondary N) is 1. The molecule has 5 nitrogen and oxygen atoms in total. The topological polar surface area (TPSA) is 75.1 Å². The summed E-state index contributed by atoms with van der Waals surface area (Å²) in [6.07, 6.45) is 8.04. The standard InChI is InChI=1S/C27H27F4N3O2.C2H6/c1-15-19(24(29)26(31)25(30)23(15)28)13-22(36)34-27-20(12-7-16-5-3-2-4-6-16)33-21(14-32-27)17-8-10-18(35)11-9-17;1-2/h8-11,14,16,35H,2-7,12-13H2,1H3,(H,32,34,36);1-2H3. The SMILES string of the molecule is CC.Cc1c(F)c(F)c(F)c(F)c1CC(=O)Nc1ncc(-c2ccc(O)cc2)nc1CCC1CCCCC1. The molecule has 1 aromatic heterocycles. The minimum Gasteiger partial charge on any atom is -0.508 e. The summed E-state index contributed by atoms with van der Waals surface area (Å²) < 4.78 is 55.4. The highest BCUT2D eigenvalue weighted by Gasteiger charge is 2.25. The van der Waals surface area contributed by atoms with Gasteiger partial charge in [0.2, 0.25) is 5.91 Å². The Balaban J connectivity index is 0.00000195. The lowest BCUT2D eigenvalue weighted by molar-refractivity contribution is -0.115. The van der Waals surface area contributed by atoms with Crippen LogP contribution in [0.1, 0.15) is 69.2 Å². The van der Waals surface area contributed by atoms with Crippen molar-refractivity contribution in [1.82, 2.24) is 9.97 Å². The van der Waals surface area contributed by atoms with Crippen molar-refractivity contribution in [1.29, 1.82) is 0 Å². The lowest BCUT2D eigenvalue weighted by Gasteiger charge is -2.21. The number of nitrogens with zero attached hydrogens (tertiary/aromatic N) is 2. The summed E-state index contributed by atoms with van der Waals surface area (Å²) in [6, 6.07) is 6.47. The highest BCUT2D eigenvalue weighted by molar-refractivity contribution is 5.92. The molecule has 0 spiro atoms. The molecular weight excluding hydrogens is 498 g/mol. The molecule has 1 amide bonds. The summed E-state index contributed by atoms with van der Waals surface area (Å²) in [6.45, 7) is 5.09. The van der Waals surface area contributed by atoms with Crippen LogP contribution in [0.5, 0.6) is 5.75 Å². The van der Waals surface area contributed by atoms with Crippen molar-refractivity contribution in [2.75, 3.05) is 5.32 Å². The van der Waals surface area contributed by atoms with Crippen LogP contribution in [0, 0.1) is 36.1 Å². The van der Waals surface area contributed by atoms with Gasteiger partial charge < -0.3 is 10.4 Å². The zero-order chi connectivity index (χ0) is 27.8. The summed E-state index contributed by atoms with van der Waals surface area (Å²) in [5.41, 5.74) is 0.797. The third-order valence-corrected chi connectivity index (χ3v) is 6.74. The Morgan fingerprint density at radius 3 is 2.26 bits per heavy atom. The summed E-state index contributed by atoms with van der Waals surface area (Å²) in [7, 11) is 0. The highest BCUT2D eigenvalue weighted by atomic mass is 19.2. The molecule has 0 radical (unpaired) electrons. The van der Waals surface area contributed by atoms with E-state index in [9.17, 15) is 27.5 Å². The van der Waals surface area contributed by atoms with Crippen LogP contribution >= 0.6 is 0 Å². The molecule has 3 aromatic rings. The largest absolute Gasteiger partial charge is 0.508 e. The maximum absolute atomic E-state index is 14.3. The summed E-state index contributed by atoms with van der Waals surface area (Å²) >= 11 is 0. The molecular formula is C29H33F4N3O2. The molecule has 0 bridgehead atoms. The maximum Gasteiger partial charge on any atom is 0.230 e. The van der Waals surface area contributed by atoms with E-state index in [4.69, 9.17) is 0 Å². The Kier molecular flexibility index (Phi) is 10.2. The lowest BCUT2D eigenvalue weighted by atomic mass is 9.86. The van der Waals surface area contributed by atoms with Gasteiger partial charge in [0.1, 0.15) is 5.75 Å². The predicted molar refractivity (Wildman–Crippen MR) is 139 cm³/mol. The Morgan fingerprint density at radius 2 is 1.61 bits per heavy atom. The first-order valence-corrected chi connectivity index (χ1v) is 13.0. The smallest absolute Gasteiger partial charge is 0.230 e. The zero-order valence-electron chi connectivity index (χ0n) is 21.9. The maximum atomic E-state index is 14.3. The molecule has 9 heteroatoms. The molecule has 2 aromatic carbocycles. The fourth-order valence-corrected chi connectivity index (χ4v) is 4.63. The molecule has 0 unspecified atom stereocenters. The van der Waals surface area contributed by atoms with Crippen molar-refractivity contribution >= 4 is 11.7 Å². The highest BCUT2D eigenvalue weighted by Crippen LogP contribution is 2.30. The second-order valence-electron chi connectivity index (χ2n) is 9.22. The molecule has 38 heavy (non-hydrogen) atoms. The first kappa shape index (κ1) is 29.1. The van der Waals surface area contributed by atoms with Gasteiger partial charge in [-0.1, -0.05) is 46.0 Å². The molecule has 0 saturated heterocycles. The molecule has 4 rings (SSSR count). The van der Waals surface area contributed by atoms with E-state index in [-0.39, 0.29) is 11.6 Å². The zero-order valence-corrected chi connectivity index (χ0v) is 21.9. The van der Waals surface area contributed by atoms with Crippen molar-refractivity contribution < 1.29 is 27.5 Å². The van der Waals surface area contributed by atoms with Crippen molar-refractivity contribution in [3.63, 3.8) is 0 Å². The van der Waals surface area contributed by atoms with Crippen LogP contribution in [0.2, 0.25) is 0 Å². The number of phenolic OH excluding ortho intramolecular Hbond substituents is 1. The van der Waals surface area contributed by atoms with Crippen LogP contribution in [0.3, 0.4) is 0 Å². The van der Waals surface area contributed by atoms with Crippen LogP contribution in [-0.2, 0) is 17.6 Å². The lowest BCUT2D eigenvalue weighted by Crippen LogP contribution is -2.20. The van der Waals surface area contributed by atoms with Gasteiger partial charge >= 0.3 is 0 Å². The van der Waals surface area contributed by atoms with E-state index in [0.717, 1.165) is 31.7 Å². The number of carbonyl (C=O) groups excluding carboxylic acids is 1. The van der Waals surface area contributed by atoms with E-state index < -0.39 is 46.7 Å². The number of hydrogen-bond acceptors (Lipinski definition) is 4. The second kappa shape index (κ2) is 13.3. The molecule has 0 aliphatic heterocycles. The van der Waals surface area contributed by atoms with Crippen LogP contribution in [0.4, 0.5) is 23.4 Å². The summed E-state index contributed by atoms with van der Waals surface area (Å²) in [5, 5.41) is 12.1. The van der Waals surface area contributed by atoms with Gasteiger partial charge in [0.15, 0.2) is 29.1 Å². The van der Waals surface area contributed by atoms with Crippen molar-refractivity contribution in [2.45, 2.75) is 72.1 Å². The van der Waals surface area contributed by atoms with Crippen molar-refractivity contribution in [2.24, 2.45) is 5.92 Å². The first-order chi connectivity index (χ1) is 18.2. The number of halogens is 4. The monoisotopic (exact) mass is 531 g/mol. The van der Waals surface area contributed by atoms with Gasteiger partial charge in [-0.05, 0) is 55.5 Å². The van der Waals surface area contributed by atoms with Gasteiger partial charge in [-0.15, -0.1) is 0 Å². The second-order valence-corrected chi connectivity index (χ2v) is 9.22. The minimum atomic E-state index is -1.95. The molecule has 0 atom stereocenters. The van der Waals surface area contributed by atoms with Gasteiger partial charge in [-0.25, -0.2) is 27.5 Å². The van der Waals surface area contributed by atoms with Crippen LogP contribution < -0.4 is 5.32 Å². The normalized spacial score (nSPS) is 13.6. The Bertz CT molecular complexity index is 1230. The average Bonchev–Trinajstić information content (AvgIpc) is 2.94. The van der Waals surface area contributed by atoms with E-state index in [1.807, 2.05) is 13.8 Å². The van der Waals surface area contributed by atoms with E-state index in [0.29, 0.717) is 23.7 Å². The van der Waals surface area contributed by atoms with Gasteiger partial charge in [-0.3, -0.25) is 4.79 Å². The molecule has 1 fully saturated rings. The number of carbonyl (C=O) groups is 1. The Morgan fingerprint density at radius 1 is 0.974 bits per heavy atom. The number of aromatic hydroxyl groups is 1. The van der Waals surface area contributed by atoms with Crippen LogP contribution in [0.15, 0.2) is 30.5 Å². The molecule has 1 aliphatic rings. The number of hydrogen-bond donors (Lipinski definition) is 2. The van der Waals surface area contributed by atoms with Crippen LogP contribution in [0.25, 0.3) is 11.3 Å². The fraction of sp³-hybridized carbons (Fsp3) is 0.414.